The molecule has 0 saturated carbocycles. The summed E-state index contributed by atoms with van der Waals surface area (Å²) >= 11 is 0. The van der Waals surface area contributed by atoms with Gasteiger partial charge in [-0.15, -0.1) is 0 Å². The maximum Gasteiger partial charge on any atom is 0.244 e. The second kappa shape index (κ2) is 9.31. The zero-order valence-electron chi connectivity index (χ0n) is 15.3. The maximum atomic E-state index is 12.7. The van der Waals surface area contributed by atoms with Crippen molar-refractivity contribution in [1.29, 1.82) is 0 Å². The van der Waals surface area contributed by atoms with Crippen LogP contribution < -0.4 is 5.32 Å². The van der Waals surface area contributed by atoms with Crippen LogP contribution in [-0.4, -0.2) is 84.5 Å². The first-order valence-electron chi connectivity index (χ1n) is 9.58. The predicted octanol–water partition coefficient (Wildman–Crippen LogP) is 0.531. The number of carbonyl (C=O) groups excluding carboxylic acids is 1. The number of nitrogens with zero attached hydrogens (tertiary/aromatic N) is 4. The Hall–Kier alpha value is -1.44. The van der Waals surface area contributed by atoms with Crippen molar-refractivity contribution in [1.82, 2.24) is 24.9 Å². The minimum atomic E-state index is 0.179. The lowest BCUT2D eigenvalue weighted by Crippen LogP contribution is -2.50. The SMILES string of the molecule is CCOCCN1CCN(C(=O)Cn2nccc2[C@@H]2CCCNC2)CC1. The summed E-state index contributed by atoms with van der Waals surface area (Å²) in [5, 5.41) is 7.85. The Labute approximate surface area is 150 Å². The molecule has 1 atom stereocenters. The molecule has 7 nitrogen and oxygen atoms in total. The van der Waals surface area contributed by atoms with Crippen molar-refractivity contribution in [3.05, 3.63) is 18.0 Å². The van der Waals surface area contributed by atoms with E-state index < -0.39 is 0 Å². The van der Waals surface area contributed by atoms with E-state index >= 15 is 0 Å². The van der Waals surface area contributed by atoms with Crippen LogP contribution in [0, 0.1) is 0 Å². The van der Waals surface area contributed by atoms with Crippen LogP contribution >= 0.6 is 0 Å². The molecule has 2 saturated heterocycles. The lowest BCUT2D eigenvalue weighted by atomic mass is 9.96. The van der Waals surface area contributed by atoms with Crippen molar-refractivity contribution in [3.8, 4) is 0 Å². The van der Waals surface area contributed by atoms with Crippen molar-refractivity contribution >= 4 is 5.91 Å². The highest BCUT2D eigenvalue weighted by Crippen LogP contribution is 2.22. The van der Waals surface area contributed by atoms with Crippen LogP contribution in [0.25, 0.3) is 0 Å². The first kappa shape index (κ1) is 18.4. The number of rotatable bonds is 7. The molecule has 1 amide bonds. The Bertz CT molecular complexity index is 533. The summed E-state index contributed by atoms with van der Waals surface area (Å²) in [6.07, 6.45) is 4.18. The minimum Gasteiger partial charge on any atom is -0.380 e. The van der Waals surface area contributed by atoms with Gasteiger partial charge in [0.25, 0.3) is 0 Å². The second-order valence-electron chi connectivity index (χ2n) is 6.88. The van der Waals surface area contributed by atoms with Crippen LogP contribution in [0.15, 0.2) is 12.3 Å². The topological polar surface area (TPSA) is 62.6 Å². The number of hydrogen-bond donors (Lipinski definition) is 1. The Morgan fingerprint density at radius 1 is 1.36 bits per heavy atom. The highest BCUT2D eigenvalue weighted by atomic mass is 16.5. The Kier molecular flexibility index (Phi) is 6.84. The molecule has 0 radical (unpaired) electrons. The van der Waals surface area contributed by atoms with Crippen LogP contribution in [-0.2, 0) is 16.1 Å². The molecule has 1 aromatic rings. The van der Waals surface area contributed by atoms with Gasteiger partial charge >= 0.3 is 0 Å². The predicted molar refractivity (Wildman–Crippen MR) is 96.6 cm³/mol. The molecule has 0 aromatic carbocycles. The summed E-state index contributed by atoms with van der Waals surface area (Å²) in [7, 11) is 0. The summed E-state index contributed by atoms with van der Waals surface area (Å²) in [6, 6.07) is 2.07. The third kappa shape index (κ3) is 5.03. The number of ether oxygens (including phenoxy) is 1. The fourth-order valence-corrected chi connectivity index (χ4v) is 3.71. The van der Waals surface area contributed by atoms with Crippen molar-refractivity contribution in [2.45, 2.75) is 32.2 Å². The van der Waals surface area contributed by atoms with Crippen molar-refractivity contribution in [2.24, 2.45) is 0 Å². The van der Waals surface area contributed by atoms with E-state index in [-0.39, 0.29) is 5.91 Å². The second-order valence-corrected chi connectivity index (χ2v) is 6.88. The largest absolute Gasteiger partial charge is 0.380 e. The molecule has 0 spiro atoms. The van der Waals surface area contributed by atoms with Gasteiger partial charge in [-0.3, -0.25) is 14.4 Å². The molecular weight excluding hydrogens is 318 g/mol. The fraction of sp³-hybridized carbons (Fsp3) is 0.778. The van der Waals surface area contributed by atoms with Crippen LogP contribution in [0.2, 0.25) is 0 Å². The molecule has 2 fully saturated rings. The van der Waals surface area contributed by atoms with Crippen LogP contribution in [0.5, 0.6) is 0 Å². The van der Waals surface area contributed by atoms with Gasteiger partial charge in [0.1, 0.15) is 6.54 Å². The highest BCUT2D eigenvalue weighted by molar-refractivity contribution is 5.76. The molecule has 0 unspecified atom stereocenters. The third-order valence-corrected chi connectivity index (χ3v) is 5.23. The molecule has 1 aromatic heterocycles. The molecular formula is C18H31N5O2. The number of aromatic nitrogens is 2. The summed E-state index contributed by atoms with van der Waals surface area (Å²) in [4.78, 5) is 17.0. The van der Waals surface area contributed by atoms with Crippen LogP contribution in [0.3, 0.4) is 0 Å². The van der Waals surface area contributed by atoms with Gasteiger partial charge in [-0.1, -0.05) is 0 Å². The molecule has 140 valence electrons. The summed E-state index contributed by atoms with van der Waals surface area (Å²) in [5.41, 5.74) is 1.19. The summed E-state index contributed by atoms with van der Waals surface area (Å²) in [5.74, 6) is 0.651. The highest BCUT2D eigenvalue weighted by Gasteiger charge is 2.24. The fourth-order valence-electron chi connectivity index (χ4n) is 3.71. The van der Waals surface area contributed by atoms with Gasteiger partial charge in [0.2, 0.25) is 5.91 Å². The summed E-state index contributed by atoms with van der Waals surface area (Å²) in [6.45, 7) is 10.4. The zero-order chi connectivity index (χ0) is 17.5. The van der Waals surface area contributed by atoms with Gasteiger partial charge in [0.05, 0.1) is 6.61 Å². The standard InChI is InChI=1S/C18H31N5O2/c1-2-25-13-12-21-8-10-22(11-9-21)18(24)15-23-17(5-7-20-23)16-4-3-6-19-14-16/h5,7,16,19H,2-4,6,8-15H2,1H3/t16-/m1/s1. The molecule has 0 aliphatic carbocycles. The monoisotopic (exact) mass is 349 g/mol. The van der Waals surface area contributed by atoms with Crippen molar-refractivity contribution < 1.29 is 9.53 Å². The number of carbonyl (C=O) groups is 1. The van der Waals surface area contributed by atoms with E-state index in [0.29, 0.717) is 12.5 Å². The third-order valence-electron chi connectivity index (χ3n) is 5.23. The van der Waals surface area contributed by atoms with E-state index in [9.17, 15) is 4.79 Å². The first-order valence-corrected chi connectivity index (χ1v) is 9.58. The summed E-state index contributed by atoms with van der Waals surface area (Å²) < 4.78 is 7.32. The molecule has 1 N–H and O–H groups in total. The van der Waals surface area contributed by atoms with Crippen LogP contribution in [0.4, 0.5) is 0 Å². The number of amides is 1. The maximum absolute atomic E-state index is 12.7. The molecule has 3 heterocycles. The lowest BCUT2D eigenvalue weighted by molar-refractivity contribution is -0.133. The van der Waals surface area contributed by atoms with Gasteiger partial charge in [0.15, 0.2) is 0 Å². The van der Waals surface area contributed by atoms with Crippen LogP contribution in [0.1, 0.15) is 31.4 Å². The number of hydrogen-bond acceptors (Lipinski definition) is 5. The van der Waals surface area contributed by atoms with Gasteiger partial charge in [-0.25, -0.2) is 0 Å². The number of piperidine rings is 1. The van der Waals surface area contributed by atoms with E-state index in [1.807, 2.05) is 22.7 Å². The van der Waals surface area contributed by atoms with Crippen molar-refractivity contribution in [3.63, 3.8) is 0 Å². The Balaban J connectivity index is 1.48. The lowest BCUT2D eigenvalue weighted by Gasteiger charge is -2.34. The molecule has 2 aliphatic heterocycles. The quantitative estimate of drug-likeness (QED) is 0.728. The van der Waals surface area contributed by atoms with E-state index in [0.717, 1.165) is 59.0 Å². The molecule has 3 rings (SSSR count). The van der Waals surface area contributed by atoms with E-state index in [2.05, 4.69) is 21.4 Å². The van der Waals surface area contributed by atoms with E-state index in [1.54, 1.807) is 0 Å². The Morgan fingerprint density at radius 2 is 2.20 bits per heavy atom. The van der Waals surface area contributed by atoms with Crippen molar-refractivity contribution in [2.75, 3.05) is 59.0 Å². The first-order chi connectivity index (χ1) is 12.3. The Morgan fingerprint density at radius 3 is 2.92 bits per heavy atom. The van der Waals surface area contributed by atoms with E-state index in [4.69, 9.17) is 4.74 Å². The number of piperazine rings is 1. The molecule has 0 bridgehead atoms. The van der Waals surface area contributed by atoms with Gasteiger partial charge in [0, 0.05) is 63.7 Å². The average molecular weight is 349 g/mol. The molecule has 7 heteroatoms. The van der Waals surface area contributed by atoms with E-state index in [1.165, 1.54) is 18.5 Å². The molecule has 25 heavy (non-hydrogen) atoms. The normalized spacial score (nSPS) is 22.3. The van der Waals surface area contributed by atoms with Gasteiger partial charge in [-0.05, 0) is 32.4 Å². The van der Waals surface area contributed by atoms with Gasteiger partial charge < -0.3 is 15.0 Å². The van der Waals surface area contributed by atoms with Gasteiger partial charge in [-0.2, -0.15) is 5.10 Å². The minimum absolute atomic E-state index is 0.179. The molecule has 2 aliphatic rings. The smallest absolute Gasteiger partial charge is 0.244 e. The zero-order valence-corrected chi connectivity index (χ0v) is 15.3. The number of nitrogens with one attached hydrogen (secondary N) is 1. The average Bonchev–Trinajstić information content (AvgIpc) is 3.11.